The molecule has 0 saturated carbocycles. The SMILES string of the molecule is CCC(NC(=O)c1ccc(Cl)c(NC(=O)c2cccs2)c1)c1ccc(C)cc1. The molecule has 0 radical (unpaired) electrons. The first kappa shape index (κ1) is 20.1. The van der Waals surface area contributed by atoms with Crippen molar-refractivity contribution in [3.05, 3.63) is 86.6 Å². The second kappa shape index (κ2) is 9.04. The second-order valence-corrected chi connectivity index (χ2v) is 7.83. The predicted molar refractivity (Wildman–Crippen MR) is 115 cm³/mol. The van der Waals surface area contributed by atoms with Crippen molar-refractivity contribution in [1.82, 2.24) is 5.32 Å². The average molecular weight is 413 g/mol. The highest BCUT2D eigenvalue weighted by Gasteiger charge is 2.16. The van der Waals surface area contributed by atoms with Gasteiger partial charge >= 0.3 is 0 Å². The lowest BCUT2D eigenvalue weighted by molar-refractivity contribution is 0.0934. The van der Waals surface area contributed by atoms with E-state index in [2.05, 4.69) is 10.6 Å². The standard InChI is InChI=1S/C22H21ClN2O2S/c1-3-18(15-8-6-14(2)7-9-15)24-21(26)16-10-11-17(23)19(13-16)25-22(27)20-5-4-12-28-20/h4-13,18H,3H2,1-2H3,(H,24,26)(H,25,27). The molecule has 0 aliphatic rings. The minimum atomic E-state index is -0.249. The lowest BCUT2D eigenvalue weighted by Gasteiger charge is -2.18. The fourth-order valence-electron chi connectivity index (χ4n) is 2.82. The Morgan fingerprint density at radius 2 is 1.82 bits per heavy atom. The number of carbonyl (C=O) groups excluding carboxylic acids is 2. The van der Waals surface area contributed by atoms with E-state index in [9.17, 15) is 9.59 Å². The number of hydrogen-bond donors (Lipinski definition) is 2. The Morgan fingerprint density at radius 1 is 1.07 bits per heavy atom. The first-order valence-electron chi connectivity index (χ1n) is 8.99. The van der Waals surface area contributed by atoms with Gasteiger partial charge in [-0.2, -0.15) is 0 Å². The molecule has 0 aliphatic carbocycles. The summed E-state index contributed by atoms with van der Waals surface area (Å²) in [5.41, 5.74) is 3.09. The van der Waals surface area contributed by atoms with E-state index in [1.54, 1.807) is 30.3 Å². The molecule has 28 heavy (non-hydrogen) atoms. The summed E-state index contributed by atoms with van der Waals surface area (Å²) in [5, 5.41) is 8.04. The van der Waals surface area contributed by atoms with E-state index >= 15 is 0 Å². The molecule has 0 bridgehead atoms. The Kier molecular flexibility index (Phi) is 6.49. The number of anilines is 1. The Morgan fingerprint density at radius 3 is 2.46 bits per heavy atom. The number of benzene rings is 2. The maximum atomic E-state index is 12.8. The highest BCUT2D eigenvalue weighted by atomic mass is 35.5. The minimum absolute atomic E-state index is 0.0899. The molecule has 1 heterocycles. The molecule has 2 N–H and O–H groups in total. The van der Waals surface area contributed by atoms with Crippen LogP contribution in [0.1, 0.15) is 50.5 Å². The monoisotopic (exact) mass is 412 g/mol. The van der Waals surface area contributed by atoms with Gasteiger partial charge in [-0.3, -0.25) is 9.59 Å². The molecule has 3 rings (SSSR count). The fourth-order valence-corrected chi connectivity index (χ4v) is 3.60. The van der Waals surface area contributed by atoms with Gasteiger partial charge in [-0.15, -0.1) is 11.3 Å². The number of thiophene rings is 1. The molecule has 6 heteroatoms. The Balaban J connectivity index is 1.76. The van der Waals surface area contributed by atoms with Gasteiger partial charge in [-0.05, 0) is 48.6 Å². The number of amides is 2. The van der Waals surface area contributed by atoms with Crippen LogP contribution in [-0.4, -0.2) is 11.8 Å². The number of hydrogen-bond acceptors (Lipinski definition) is 3. The molecule has 0 aliphatic heterocycles. The Bertz CT molecular complexity index is 969. The van der Waals surface area contributed by atoms with Crippen molar-refractivity contribution in [2.75, 3.05) is 5.32 Å². The van der Waals surface area contributed by atoms with Crippen LogP contribution >= 0.6 is 22.9 Å². The third kappa shape index (κ3) is 4.80. The van der Waals surface area contributed by atoms with E-state index < -0.39 is 0 Å². The summed E-state index contributed by atoms with van der Waals surface area (Å²) >= 11 is 7.55. The Labute approximate surface area is 173 Å². The van der Waals surface area contributed by atoms with Crippen molar-refractivity contribution in [3.63, 3.8) is 0 Å². The van der Waals surface area contributed by atoms with Gasteiger partial charge in [-0.1, -0.05) is 54.4 Å². The fraction of sp³-hybridized carbons (Fsp3) is 0.182. The number of rotatable bonds is 6. The van der Waals surface area contributed by atoms with E-state index in [0.717, 1.165) is 12.0 Å². The number of halogens is 1. The van der Waals surface area contributed by atoms with Gasteiger partial charge in [0.1, 0.15) is 0 Å². The quantitative estimate of drug-likeness (QED) is 0.534. The van der Waals surface area contributed by atoms with Gasteiger partial charge in [0.25, 0.3) is 11.8 Å². The zero-order valence-electron chi connectivity index (χ0n) is 15.7. The smallest absolute Gasteiger partial charge is 0.265 e. The van der Waals surface area contributed by atoms with Crippen molar-refractivity contribution in [2.45, 2.75) is 26.3 Å². The third-order valence-electron chi connectivity index (χ3n) is 4.42. The van der Waals surface area contributed by atoms with Crippen molar-refractivity contribution < 1.29 is 9.59 Å². The number of aryl methyl sites for hydroxylation is 1. The molecule has 0 fully saturated rings. The molecule has 3 aromatic rings. The van der Waals surface area contributed by atoms with Crippen LogP contribution in [0, 0.1) is 6.92 Å². The average Bonchev–Trinajstić information content (AvgIpc) is 3.23. The van der Waals surface area contributed by atoms with Crippen molar-refractivity contribution in [1.29, 1.82) is 0 Å². The zero-order chi connectivity index (χ0) is 20.1. The molecule has 1 aromatic heterocycles. The summed E-state index contributed by atoms with van der Waals surface area (Å²) in [5.74, 6) is -0.462. The van der Waals surface area contributed by atoms with Crippen LogP contribution in [0.5, 0.6) is 0 Å². The van der Waals surface area contributed by atoms with Gasteiger partial charge in [0, 0.05) is 5.56 Å². The van der Waals surface area contributed by atoms with Gasteiger partial charge in [-0.25, -0.2) is 0 Å². The summed E-state index contributed by atoms with van der Waals surface area (Å²) in [6, 6.07) is 16.4. The van der Waals surface area contributed by atoms with Gasteiger partial charge in [0.05, 0.1) is 21.6 Å². The first-order chi connectivity index (χ1) is 13.5. The van der Waals surface area contributed by atoms with Gasteiger partial charge in [0.2, 0.25) is 0 Å². The van der Waals surface area contributed by atoms with E-state index in [1.807, 2.05) is 43.5 Å². The van der Waals surface area contributed by atoms with E-state index in [0.29, 0.717) is 21.2 Å². The maximum absolute atomic E-state index is 12.8. The van der Waals surface area contributed by atoms with E-state index in [4.69, 9.17) is 11.6 Å². The summed E-state index contributed by atoms with van der Waals surface area (Å²) in [4.78, 5) is 25.6. The van der Waals surface area contributed by atoms with Crippen LogP contribution in [0.2, 0.25) is 5.02 Å². The zero-order valence-corrected chi connectivity index (χ0v) is 17.2. The lowest BCUT2D eigenvalue weighted by Crippen LogP contribution is -2.28. The molecular weight excluding hydrogens is 392 g/mol. The highest BCUT2D eigenvalue weighted by Crippen LogP contribution is 2.25. The molecule has 1 unspecified atom stereocenters. The topological polar surface area (TPSA) is 58.2 Å². The molecule has 0 saturated heterocycles. The summed E-state index contributed by atoms with van der Waals surface area (Å²) < 4.78 is 0. The Hall–Kier alpha value is -2.63. The van der Waals surface area contributed by atoms with E-state index in [1.165, 1.54) is 16.9 Å². The van der Waals surface area contributed by atoms with Crippen LogP contribution < -0.4 is 10.6 Å². The van der Waals surface area contributed by atoms with Crippen molar-refractivity contribution in [2.24, 2.45) is 0 Å². The first-order valence-corrected chi connectivity index (χ1v) is 10.3. The predicted octanol–water partition coefficient (Wildman–Crippen LogP) is 5.84. The van der Waals surface area contributed by atoms with E-state index in [-0.39, 0.29) is 17.9 Å². The third-order valence-corrected chi connectivity index (χ3v) is 5.61. The maximum Gasteiger partial charge on any atom is 0.265 e. The van der Waals surface area contributed by atoms with Crippen LogP contribution in [0.4, 0.5) is 5.69 Å². The summed E-state index contributed by atoms with van der Waals surface area (Å²) in [6.07, 6.45) is 0.768. The highest BCUT2D eigenvalue weighted by molar-refractivity contribution is 7.12. The molecule has 0 spiro atoms. The number of nitrogens with one attached hydrogen (secondary N) is 2. The molecule has 2 aromatic carbocycles. The molecule has 2 amide bonds. The lowest BCUT2D eigenvalue weighted by atomic mass is 10.0. The van der Waals surface area contributed by atoms with Gasteiger partial charge < -0.3 is 10.6 Å². The van der Waals surface area contributed by atoms with Gasteiger partial charge in [0.15, 0.2) is 0 Å². The summed E-state index contributed by atoms with van der Waals surface area (Å²) in [7, 11) is 0. The van der Waals surface area contributed by atoms with Crippen LogP contribution in [0.3, 0.4) is 0 Å². The van der Waals surface area contributed by atoms with Crippen LogP contribution in [0.25, 0.3) is 0 Å². The number of carbonyl (C=O) groups is 2. The largest absolute Gasteiger partial charge is 0.345 e. The summed E-state index contributed by atoms with van der Waals surface area (Å²) in [6.45, 7) is 4.06. The molecule has 1 atom stereocenters. The molecule has 4 nitrogen and oxygen atoms in total. The van der Waals surface area contributed by atoms with Crippen LogP contribution in [-0.2, 0) is 0 Å². The second-order valence-electron chi connectivity index (χ2n) is 6.47. The minimum Gasteiger partial charge on any atom is -0.345 e. The van der Waals surface area contributed by atoms with Crippen LogP contribution in [0.15, 0.2) is 60.0 Å². The molecule has 144 valence electrons. The van der Waals surface area contributed by atoms with Crippen molar-refractivity contribution in [3.8, 4) is 0 Å². The molecular formula is C22H21ClN2O2S. The van der Waals surface area contributed by atoms with Crippen molar-refractivity contribution >= 4 is 40.4 Å². The normalized spacial score (nSPS) is 11.7.